The van der Waals surface area contributed by atoms with Crippen molar-refractivity contribution in [2.45, 2.75) is 89.3 Å². The number of carbonyl (C=O) groups is 2. The number of anilines is 1. The minimum atomic E-state index is -4.63. The number of aliphatic hydroxyl groups excluding tert-OH is 1. The predicted molar refractivity (Wildman–Crippen MR) is 135 cm³/mol. The maximum absolute atomic E-state index is 14.1. The van der Waals surface area contributed by atoms with Crippen molar-refractivity contribution in [3.8, 4) is 0 Å². The fourth-order valence-corrected chi connectivity index (χ4v) is 4.98. The van der Waals surface area contributed by atoms with Crippen molar-refractivity contribution in [3.05, 3.63) is 23.4 Å². The van der Waals surface area contributed by atoms with Crippen molar-refractivity contribution in [1.82, 2.24) is 15.2 Å². The van der Waals surface area contributed by atoms with E-state index in [0.717, 1.165) is 44.9 Å². The summed E-state index contributed by atoms with van der Waals surface area (Å²) >= 11 is 5.46. The summed E-state index contributed by atoms with van der Waals surface area (Å²) in [6, 6.07) is -3.47. The minimum Gasteiger partial charge on any atom is -0.394 e. The van der Waals surface area contributed by atoms with Gasteiger partial charge in [-0.25, -0.2) is 13.8 Å². The third-order valence-electron chi connectivity index (χ3n) is 6.78. The average molecular weight is 564 g/mol. The molecule has 1 aromatic heterocycles. The van der Waals surface area contributed by atoms with Crippen molar-refractivity contribution in [3.63, 3.8) is 0 Å². The van der Waals surface area contributed by atoms with Crippen molar-refractivity contribution in [2.24, 2.45) is 4.99 Å². The van der Waals surface area contributed by atoms with E-state index in [0.29, 0.717) is 0 Å². The first-order valence-electron chi connectivity index (χ1n) is 12.2. The number of nitrogens with zero attached hydrogens (tertiary/aromatic N) is 3. The molecular formula is C24H30F5N5O3S. The van der Waals surface area contributed by atoms with Gasteiger partial charge < -0.3 is 20.6 Å². The van der Waals surface area contributed by atoms with Crippen LogP contribution < -0.4 is 10.6 Å². The Hall–Kier alpha value is -2.74. The van der Waals surface area contributed by atoms with Gasteiger partial charge in [-0.15, -0.1) is 0 Å². The number of aromatic nitrogens is 1. The Morgan fingerprint density at radius 3 is 2.29 bits per heavy atom. The first-order valence-corrected chi connectivity index (χ1v) is 12.6. The Bertz CT molecular complexity index is 1080. The van der Waals surface area contributed by atoms with E-state index in [1.807, 2.05) is 5.32 Å². The lowest BCUT2D eigenvalue weighted by Crippen LogP contribution is -2.46. The summed E-state index contributed by atoms with van der Waals surface area (Å²) in [5, 5.41) is 13.7. The van der Waals surface area contributed by atoms with Crippen molar-refractivity contribution in [2.75, 3.05) is 11.9 Å². The van der Waals surface area contributed by atoms with Crippen LogP contribution in [0.4, 0.5) is 27.8 Å². The highest BCUT2D eigenvalue weighted by Gasteiger charge is 2.45. The van der Waals surface area contributed by atoms with E-state index in [1.54, 1.807) is 11.8 Å². The summed E-state index contributed by atoms with van der Waals surface area (Å²) in [7, 11) is 0. The first-order chi connectivity index (χ1) is 17.7. The van der Waals surface area contributed by atoms with Crippen LogP contribution in [0.15, 0.2) is 17.3 Å². The van der Waals surface area contributed by atoms with E-state index < -0.39 is 53.9 Å². The van der Waals surface area contributed by atoms with Gasteiger partial charge in [-0.05, 0) is 52.5 Å². The first kappa shape index (κ1) is 29.8. The Kier molecular flexibility index (Phi) is 9.39. The van der Waals surface area contributed by atoms with E-state index in [-0.39, 0.29) is 34.8 Å². The third kappa shape index (κ3) is 6.63. The van der Waals surface area contributed by atoms with Crippen LogP contribution >= 0.6 is 12.2 Å². The van der Waals surface area contributed by atoms with Crippen LogP contribution in [0.2, 0.25) is 0 Å². The highest BCUT2D eigenvalue weighted by atomic mass is 32.1. The molecule has 2 aliphatic heterocycles. The van der Waals surface area contributed by atoms with Gasteiger partial charge in [-0.1, -0.05) is 12.2 Å². The van der Waals surface area contributed by atoms with Crippen LogP contribution in [0.5, 0.6) is 0 Å². The van der Waals surface area contributed by atoms with Gasteiger partial charge in [0, 0.05) is 35.4 Å². The number of hydrogen-bond acceptors (Lipinski definition) is 7. The maximum Gasteiger partial charge on any atom is 0.408 e. The molecule has 0 spiro atoms. The molecule has 0 aromatic carbocycles. The molecule has 3 heterocycles. The molecule has 1 unspecified atom stereocenters. The van der Waals surface area contributed by atoms with Crippen LogP contribution in [0.25, 0.3) is 0 Å². The minimum absolute atomic E-state index is 0.0420. The molecule has 2 bridgehead atoms. The van der Waals surface area contributed by atoms with Crippen LogP contribution in [0.1, 0.15) is 64.0 Å². The smallest absolute Gasteiger partial charge is 0.394 e. The molecule has 2 fully saturated rings. The molecule has 1 aromatic rings. The summed E-state index contributed by atoms with van der Waals surface area (Å²) in [6.45, 7) is 3.37. The fourth-order valence-electron chi connectivity index (χ4n) is 4.65. The van der Waals surface area contributed by atoms with Gasteiger partial charge in [-0.3, -0.25) is 14.6 Å². The number of carbonyl (C=O) groups excluding carboxylic acids is 2. The molecule has 0 radical (unpaired) electrons. The van der Waals surface area contributed by atoms with Gasteiger partial charge in [0.15, 0.2) is 6.04 Å². The number of alkyl halides is 5. The number of aliphatic hydroxyl groups is 1. The van der Waals surface area contributed by atoms with E-state index in [1.165, 1.54) is 6.92 Å². The Balaban J connectivity index is 1.99. The summed E-state index contributed by atoms with van der Waals surface area (Å²) in [5.74, 6) is -1.64. The van der Waals surface area contributed by atoms with Crippen LogP contribution in [0.3, 0.4) is 0 Å². The second-order valence-electron chi connectivity index (χ2n) is 9.61. The molecule has 0 saturated carbocycles. The molecule has 3 N–H and O–H groups in total. The summed E-state index contributed by atoms with van der Waals surface area (Å²) in [5.41, 5.74) is -1.18. The summed E-state index contributed by atoms with van der Waals surface area (Å²) in [6.07, 6.45) is -3.74. The van der Waals surface area contributed by atoms with Gasteiger partial charge in [-0.2, -0.15) is 13.2 Å². The molecule has 8 nitrogen and oxygen atoms in total. The van der Waals surface area contributed by atoms with E-state index >= 15 is 0 Å². The topological polar surface area (TPSA) is 107 Å². The zero-order valence-electron chi connectivity index (χ0n) is 21.1. The molecule has 3 rings (SSSR count). The second kappa shape index (κ2) is 12.0. The predicted octanol–water partition coefficient (Wildman–Crippen LogP) is 3.58. The molecule has 0 aliphatic carbocycles. The Morgan fingerprint density at radius 2 is 1.79 bits per heavy atom. The number of fused-ring (bicyclic) bond motifs is 2. The summed E-state index contributed by atoms with van der Waals surface area (Å²) < 4.78 is 66.9. The zero-order valence-corrected chi connectivity index (χ0v) is 21.9. The largest absolute Gasteiger partial charge is 0.408 e. The van der Waals surface area contributed by atoms with Crippen LogP contribution in [-0.4, -0.2) is 80.4 Å². The highest BCUT2D eigenvalue weighted by molar-refractivity contribution is 7.81. The van der Waals surface area contributed by atoms with Gasteiger partial charge in [0.2, 0.25) is 0 Å². The molecule has 2 aliphatic rings. The summed E-state index contributed by atoms with van der Waals surface area (Å²) in [4.78, 5) is 35.6. The number of nitrogens with one attached hydrogen (secondary N) is 2. The SMILES string of the molecule is CC(=NC(C(=O)N1C2CCC1CC2)C(=S)c1cnc(N[C@@H](C)C(F)(F)F)cc1C(F)F)C(=O)N[C@H](C)CO. The third-order valence-corrected chi connectivity index (χ3v) is 7.23. The number of hydrogen-bond donors (Lipinski definition) is 3. The molecule has 38 heavy (non-hydrogen) atoms. The number of halogens is 5. The van der Waals surface area contributed by atoms with Crippen LogP contribution in [-0.2, 0) is 9.59 Å². The molecule has 14 heteroatoms. The zero-order chi connectivity index (χ0) is 28.4. The number of aliphatic imine (C=N–C) groups is 1. The van der Waals surface area contributed by atoms with E-state index in [4.69, 9.17) is 12.2 Å². The maximum atomic E-state index is 14.1. The number of rotatable bonds is 10. The second-order valence-corrected chi connectivity index (χ2v) is 10.1. The van der Waals surface area contributed by atoms with Gasteiger partial charge in [0.05, 0.1) is 17.2 Å². The van der Waals surface area contributed by atoms with Crippen LogP contribution in [0, 0.1) is 0 Å². The average Bonchev–Trinajstić information content (AvgIpc) is 3.46. The van der Waals surface area contributed by atoms with Gasteiger partial charge in [0.25, 0.3) is 18.2 Å². The molecular weight excluding hydrogens is 533 g/mol. The number of pyridine rings is 1. The number of amides is 2. The van der Waals surface area contributed by atoms with Crippen molar-refractivity contribution in [1.29, 1.82) is 0 Å². The number of thiocarbonyl (C=S) groups is 1. The molecule has 210 valence electrons. The lowest BCUT2D eigenvalue weighted by atomic mass is 10.0. The van der Waals surface area contributed by atoms with Crippen molar-refractivity contribution >= 4 is 40.4 Å². The molecule has 3 atom stereocenters. The monoisotopic (exact) mass is 563 g/mol. The van der Waals surface area contributed by atoms with E-state index in [2.05, 4.69) is 15.3 Å². The van der Waals surface area contributed by atoms with Gasteiger partial charge in [0.1, 0.15) is 11.9 Å². The lowest BCUT2D eigenvalue weighted by Gasteiger charge is -2.27. The fraction of sp³-hybridized carbons (Fsp3) is 0.625. The lowest BCUT2D eigenvalue weighted by molar-refractivity contribution is -0.138. The Labute approximate surface area is 222 Å². The Morgan fingerprint density at radius 1 is 1.21 bits per heavy atom. The van der Waals surface area contributed by atoms with E-state index in [9.17, 15) is 36.6 Å². The molecule has 2 amide bonds. The quantitative estimate of drug-likeness (QED) is 0.174. The normalized spacial score (nSPS) is 21.8. The van der Waals surface area contributed by atoms with Gasteiger partial charge >= 0.3 is 6.18 Å². The standard InChI is InChI=1S/C24H30F5N5O3S/c1-11(10-35)31-22(36)12(2)32-19(23(37)34-14-4-5-15(34)7-6-14)20(38)17-9-30-18(8-16(17)21(25)26)33-13(3)24(27,28)29/h8-9,11,13-15,19,21,35H,4-7,10H2,1-3H3,(H,30,33)(H,31,36)/t11-,13+,14?,15?,19?/m1/s1. The molecule has 2 saturated heterocycles. The van der Waals surface area contributed by atoms with Crippen molar-refractivity contribution < 1.29 is 36.6 Å². The highest BCUT2D eigenvalue weighted by Crippen LogP contribution is 2.38.